The molecule has 1 rings (SSSR count). The molecule has 0 aromatic carbocycles. The first-order chi connectivity index (χ1) is 6.60. The fourth-order valence-electron chi connectivity index (χ4n) is 1.35. The second kappa shape index (κ2) is 4.39. The summed E-state index contributed by atoms with van der Waals surface area (Å²) in [5, 5.41) is 11.4. The number of nitrogens with one attached hydrogen (secondary N) is 1. The second-order valence-corrected chi connectivity index (χ2v) is 3.28. The largest absolute Gasteiger partial charge is 0.479 e. The maximum atomic E-state index is 11.2. The monoisotopic (exact) mass is 202 g/mol. The van der Waals surface area contributed by atoms with Crippen LogP contribution in [-0.4, -0.2) is 42.3 Å². The molecular weight excluding hydrogens is 188 g/mol. The zero-order chi connectivity index (χ0) is 10.6. The van der Waals surface area contributed by atoms with Crippen LogP contribution in [-0.2, 0) is 14.3 Å². The van der Waals surface area contributed by atoms with E-state index < -0.39 is 11.5 Å². The molecule has 80 valence electrons. The van der Waals surface area contributed by atoms with Crippen LogP contribution < -0.4 is 11.1 Å². The minimum absolute atomic E-state index is 0.0264. The number of amides is 1. The van der Waals surface area contributed by atoms with Crippen molar-refractivity contribution in [1.29, 1.82) is 0 Å². The van der Waals surface area contributed by atoms with E-state index >= 15 is 0 Å². The van der Waals surface area contributed by atoms with Gasteiger partial charge in [0.2, 0.25) is 5.91 Å². The molecule has 1 aliphatic heterocycles. The Bertz CT molecular complexity index is 235. The molecule has 1 saturated heterocycles. The molecule has 1 fully saturated rings. The average molecular weight is 202 g/mol. The summed E-state index contributed by atoms with van der Waals surface area (Å²) in [5.41, 5.74) is 3.94. The lowest BCUT2D eigenvalue weighted by molar-refractivity contribution is -0.147. The first-order valence-corrected chi connectivity index (χ1v) is 4.43. The molecule has 6 heteroatoms. The molecule has 14 heavy (non-hydrogen) atoms. The predicted molar refractivity (Wildman–Crippen MR) is 47.6 cm³/mol. The Labute approximate surface area is 81.4 Å². The Morgan fingerprint density at radius 2 is 2.29 bits per heavy atom. The summed E-state index contributed by atoms with van der Waals surface area (Å²) >= 11 is 0. The van der Waals surface area contributed by atoms with E-state index in [0.29, 0.717) is 13.0 Å². The first-order valence-electron chi connectivity index (χ1n) is 4.43. The van der Waals surface area contributed by atoms with Gasteiger partial charge in [0.15, 0.2) is 5.54 Å². The summed E-state index contributed by atoms with van der Waals surface area (Å²) in [6.45, 7) is 0.593. The zero-order valence-corrected chi connectivity index (χ0v) is 7.78. The Morgan fingerprint density at radius 1 is 1.57 bits per heavy atom. The quantitative estimate of drug-likeness (QED) is 0.525. The van der Waals surface area contributed by atoms with Crippen LogP contribution >= 0.6 is 0 Å². The van der Waals surface area contributed by atoms with Crippen molar-refractivity contribution in [2.75, 3.05) is 19.8 Å². The van der Waals surface area contributed by atoms with Crippen LogP contribution in [0.1, 0.15) is 12.8 Å². The summed E-state index contributed by atoms with van der Waals surface area (Å²) in [6, 6.07) is 0. The van der Waals surface area contributed by atoms with E-state index in [1.54, 1.807) is 0 Å². The highest BCUT2D eigenvalue weighted by Gasteiger charge is 2.43. The minimum Gasteiger partial charge on any atom is -0.479 e. The van der Waals surface area contributed by atoms with Gasteiger partial charge in [-0.25, -0.2) is 4.79 Å². The number of hydrogen-bond acceptors (Lipinski definition) is 4. The van der Waals surface area contributed by atoms with Gasteiger partial charge < -0.3 is 20.9 Å². The number of hydrogen-bond donors (Lipinski definition) is 3. The molecule has 1 atom stereocenters. The molecule has 1 aliphatic rings. The molecule has 0 bridgehead atoms. The lowest BCUT2D eigenvalue weighted by Crippen LogP contribution is -2.55. The molecule has 0 spiro atoms. The summed E-state index contributed by atoms with van der Waals surface area (Å²) in [4.78, 5) is 22.1. The summed E-state index contributed by atoms with van der Waals surface area (Å²) in [7, 11) is 0. The Balaban J connectivity index is 2.60. The van der Waals surface area contributed by atoms with Gasteiger partial charge in [-0.3, -0.25) is 4.79 Å². The van der Waals surface area contributed by atoms with Crippen molar-refractivity contribution in [3.05, 3.63) is 0 Å². The highest BCUT2D eigenvalue weighted by molar-refractivity contribution is 5.87. The van der Waals surface area contributed by atoms with Crippen LogP contribution in [0.5, 0.6) is 0 Å². The van der Waals surface area contributed by atoms with E-state index in [1.165, 1.54) is 0 Å². The topological polar surface area (TPSA) is 102 Å². The van der Waals surface area contributed by atoms with E-state index in [4.69, 9.17) is 15.6 Å². The summed E-state index contributed by atoms with van der Waals surface area (Å²) < 4.78 is 4.97. The van der Waals surface area contributed by atoms with E-state index in [0.717, 1.165) is 0 Å². The van der Waals surface area contributed by atoms with E-state index in [9.17, 15) is 9.59 Å². The molecule has 0 aromatic heterocycles. The van der Waals surface area contributed by atoms with Crippen LogP contribution in [0.15, 0.2) is 0 Å². The zero-order valence-electron chi connectivity index (χ0n) is 7.78. The van der Waals surface area contributed by atoms with Crippen LogP contribution in [0.2, 0.25) is 0 Å². The number of carboxylic acid groups (broad SMARTS) is 1. The SMILES string of the molecule is NCCC(=O)NC1(C(=O)O)CCOC1. The van der Waals surface area contributed by atoms with Gasteiger partial charge in [-0.15, -0.1) is 0 Å². The van der Waals surface area contributed by atoms with E-state index in [-0.39, 0.29) is 25.5 Å². The van der Waals surface area contributed by atoms with Gasteiger partial charge in [0.05, 0.1) is 6.61 Å². The van der Waals surface area contributed by atoms with Crippen LogP contribution in [0.3, 0.4) is 0 Å². The van der Waals surface area contributed by atoms with Crippen molar-refractivity contribution in [2.24, 2.45) is 5.73 Å². The van der Waals surface area contributed by atoms with Crippen molar-refractivity contribution in [3.63, 3.8) is 0 Å². The van der Waals surface area contributed by atoms with Gasteiger partial charge in [-0.2, -0.15) is 0 Å². The van der Waals surface area contributed by atoms with E-state index in [1.807, 2.05) is 0 Å². The number of nitrogens with two attached hydrogens (primary N) is 1. The molecular formula is C8H14N2O4. The van der Waals surface area contributed by atoms with Crippen molar-refractivity contribution in [2.45, 2.75) is 18.4 Å². The van der Waals surface area contributed by atoms with E-state index in [2.05, 4.69) is 5.32 Å². The minimum atomic E-state index is -1.24. The highest BCUT2D eigenvalue weighted by atomic mass is 16.5. The maximum absolute atomic E-state index is 11.2. The Kier molecular flexibility index (Phi) is 3.43. The number of carbonyl (C=O) groups is 2. The molecule has 1 amide bonds. The fourth-order valence-corrected chi connectivity index (χ4v) is 1.35. The molecule has 0 aliphatic carbocycles. The van der Waals surface area contributed by atoms with Crippen molar-refractivity contribution in [1.82, 2.24) is 5.32 Å². The Hall–Kier alpha value is -1.14. The first kappa shape index (κ1) is 10.9. The Morgan fingerprint density at radius 3 is 2.71 bits per heavy atom. The lowest BCUT2D eigenvalue weighted by atomic mass is 9.99. The third-order valence-corrected chi connectivity index (χ3v) is 2.18. The van der Waals surface area contributed by atoms with Crippen molar-refractivity contribution >= 4 is 11.9 Å². The summed E-state index contributed by atoms with van der Waals surface area (Å²) in [6.07, 6.45) is 0.438. The summed E-state index contributed by atoms with van der Waals surface area (Å²) in [5.74, 6) is -1.40. The van der Waals surface area contributed by atoms with Gasteiger partial charge in [0.1, 0.15) is 0 Å². The van der Waals surface area contributed by atoms with Crippen LogP contribution in [0.25, 0.3) is 0 Å². The molecule has 0 radical (unpaired) electrons. The maximum Gasteiger partial charge on any atom is 0.331 e. The molecule has 1 heterocycles. The molecule has 6 nitrogen and oxygen atoms in total. The number of ether oxygens (including phenoxy) is 1. The molecule has 0 aromatic rings. The highest BCUT2D eigenvalue weighted by Crippen LogP contribution is 2.18. The van der Waals surface area contributed by atoms with Crippen LogP contribution in [0, 0.1) is 0 Å². The van der Waals surface area contributed by atoms with Gasteiger partial charge >= 0.3 is 5.97 Å². The van der Waals surface area contributed by atoms with Gasteiger partial charge in [-0.1, -0.05) is 0 Å². The van der Waals surface area contributed by atoms with Crippen LogP contribution in [0.4, 0.5) is 0 Å². The average Bonchev–Trinajstić information content (AvgIpc) is 2.54. The van der Waals surface area contributed by atoms with Gasteiger partial charge in [0, 0.05) is 26.0 Å². The smallest absolute Gasteiger partial charge is 0.331 e. The molecule has 4 N–H and O–H groups in total. The third kappa shape index (κ3) is 2.21. The van der Waals surface area contributed by atoms with Crippen molar-refractivity contribution in [3.8, 4) is 0 Å². The fraction of sp³-hybridized carbons (Fsp3) is 0.750. The molecule has 0 saturated carbocycles. The van der Waals surface area contributed by atoms with Gasteiger partial charge in [-0.05, 0) is 0 Å². The number of rotatable bonds is 4. The predicted octanol–water partition coefficient (Wildman–Crippen LogP) is -1.30. The normalized spacial score (nSPS) is 26.1. The number of carbonyl (C=O) groups excluding carboxylic acids is 1. The molecule has 1 unspecified atom stereocenters. The second-order valence-electron chi connectivity index (χ2n) is 3.28. The van der Waals surface area contributed by atoms with Gasteiger partial charge in [0.25, 0.3) is 0 Å². The number of aliphatic carboxylic acids is 1. The van der Waals surface area contributed by atoms with Crippen molar-refractivity contribution < 1.29 is 19.4 Å². The lowest BCUT2D eigenvalue weighted by Gasteiger charge is -2.23. The standard InChI is InChI=1S/C8H14N2O4/c9-3-1-6(11)10-8(7(12)13)2-4-14-5-8/h1-5,9H2,(H,10,11)(H,12,13). The third-order valence-electron chi connectivity index (χ3n) is 2.18. The number of carboxylic acids is 1.